The highest BCUT2D eigenvalue weighted by atomic mass is 16.4. The first kappa shape index (κ1) is 10.5. The number of hydrogen-bond acceptors (Lipinski definition) is 2. The summed E-state index contributed by atoms with van der Waals surface area (Å²) in [5.41, 5.74) is 1.75. The molecule has 0 atom stereocenters. The van der Waals surface area contributed by atoms with E-state index in [1.54, 1.807) is 12.3 Å². The zero-order valence-electron chi connectivity index (χ0n) is 8.71. The van der Waals surface area contributed by atoms with Crippen LogP contribution in [0.3, 0.4) is 0 Å². The molecule has 2 aromatic rings. The van der Waals surface area contributed by atoms with Crippen LogP contribution >= 0.6 is 0 Å². The maximum atomic E-state index is 5.15. The van der Waals surface area contributed by atoms with E-state index in [1.165, 1.54) is 0 Å². The third-order valence-corrected chi connectivity index (χ3v) is 2.14. The maximum absolute atomic E-state index is 5.15. The number of para-hydroxylation sites is 2. The van der Waals surface area contributed by atoms with Crippen molar-refractivity contribution in [1.29, 1.82) is 0 Å². The summed E-state index contributed by atoms with van der Waals surface area (Å²) >= 11 is 0. The molecule has 0 amide bonds. The van der Waals surface area contributed by atoms with Gasteiger partial charge in [-0.2, -0.15) is 0 Å². The molecule has 2 nitrogen and oxygen atoms in total. The Morgan fingerprint density at radius 1 is 0.938 bits per heavy atom. The van der Waals surface area contributed by atoms with E-state index in [4.69, 9.17) is 12.7 Å². The van der Waals surface area contributed by atoms with Crippen LogP contribution in [0.15, 0.2) is 59.6 Å². The topological polar surface area (TPSA) is 21.6 Å². The molecule has 2 aromatic carbocycles. The molecule has 76 valence electrons. The fraction of sp³-hybridized carbons (Fsp3) is 0. The van der Waals surface area contributed by atoms with Crippen molar-refractivity contribution in [2.24, 2.45) is 4.99 Å². The van der Waals surface area contributed by atoms with Crippen LogP contribution in [-0.2, 0) is 0 Å². The minimum atomic E-state index is 0.565. The Bertz CT molecular complexity index is 482. The Hall–Kier alpha value is -2.03. The summed E-state index contributed by atoms with van der Waals surface area (Å²) in [6.45, 7) is 0. The van der Waals surface area contributed by atoms with Gasteiger partial charge in [0.25, 0.3) is 0 Å². The average Bonchev–Trinajstić information content (AvgIpc) is 2.38. The van der Waals surface area contributed by atoms with Crippen LogP contribution in [0.2, 0.25) is 0 Å². The van der Waals surface area contributed by atoms with E-state index in [1.807, 2.05) is 48.5 Å². The Labute approximate surface area is 96.0 Å². The first-order chi connectivity index (χ1) is 7.90. The summed E-state index contributed by atoms with van der Waals surface area (Å²) in [5, 5.41) is 0. The molecule has 0 aliphatic heterocycles. The van der Waals surface area contributed by atoms with Crippen molar-refractivity contribution in [2.75, 3.05) is 0 Å². The Morgan fingerprint density at radius 2 is 1.62 bits per heavy atom. The second kappa shape index (κ2) is 5.17. The van der Waals surface area contributed by atoms with Crippen LogP contribution < -0.4 is 4.65 Å². The molecule has 0 unspecified atom stereocenters. The number of hydrogen-bond donors (Lipinski definition) is 0. The average molecular weight is 207 g/mol. The first-order valence-electron chi connectivity index (χ1n) is 4.95. The predicted octanol–water partition coefficient (Wildman–Crippen LogP) is 2.90. The normalized spacial score (nSPS) is 10.5. The first-order valence-corrected chi connectivity index (χ1v) is 4.95. The largest absolute Gasteiger partial charge is 0.566 e. The lowest BCUT2D eigenvalue weighted by atomic mass is 10.2. The number of aliphatic imine (C=N–C) groups is 1. The van der Waals surface area contributed by atoms with Gasteiger partial charge in [0, 0.05) is 6.21 Å². The molecule has 0 aromatic heterocycles. The summed E-state index contributed by atoms with van der Waals surface area (Å²) in [6, 6.07) is 17.2. The van der Waals surface area contributed by atoms with Gasteiger partial charge in [0.2, 0.25) is 0 Å². The zero-order valence-corrected chi connectivity index (χ0v) is 8.71. The minimum Gasteiger partial charge on any atom is -0.566 e. The molecule has 3 heteroatoms. The van der Waals surface area contributed by atoms with E-state index in [-0.39, 0.29) is 0 Å². The highest BCUT2D eigenvalue weighted by molar-refractivity contribution is 6.00. The molecule has 16 heavy (non-hydrogen) atoms. The molecular weight excluding hydrogens is 197 g/mol. The predicted molar refractivity (Wildman–Crippen MR) is 66.5 cm³/mol. The third kappa shape index (κ3) is 2.51. The van der Waals surface area contributed by atoms with Gasteiger partial charge in [-0.15, -0.1) is 0 Å². The second-order valence-corrected chi connectivity index (χ2v) is 3.25. The number of rotatable bonds is 3. The molecule has 0 aliphatic rings. The molecule has 0 aliphatic carbocycles. The van der Waals surface area contributed by atoms with Crippen molar-refractivity contribution < 1.29 is 4.65 Å². The summed E-state index contributed by atoms with van der Waals surface area (Å²) in [6.07, 6.45) is 1.78. The molecule has 0 heterocycles. The van der Waals surface area contributed by atoms with Crippen molar-refractivity contribution in [3.63, 3.8) is 0 Å². The Morgan fingerprint density at radius 3 is 2.38 bits per heavy atom. The minimum absolute atomic E-state index is 0.565. The lowest BCUT2D eigenvalue weighted by Crippen LogP contribution is -1.85. The Kier molecular flexibility index (Phi) is 3.39. The molecule has 2 rings (SSSR count). The van der Waals surface area contributed by atoms with Gasteiger partial charge in [-0.25, -0.2) is 0 Å². The standard InChI is InChI=1S/C13H10BNO/c14-16-13-9-5-4-8-12(13)15-10-11-6-2-1-3-7-11/h1-10H. The van der Waals surface area contributed by atoms with E-state index in [2.05, 4.69) is 4.99 Å². The van der Waals surface area contributed by atoms with Gasteiger partial charge in [-0.05, 0) is 17.7 Å². The van der Waals surface area contributed by atoms with Crippen molar-refractivity contribution in [3.8, 4) is 5.75 Å². The van der Waals surface area contributed by atoms with Gasteiger partial charge >= 0.3 is 8.05 Å². The van der Waals surface area contributed by atoms with E-state index in [9.17, 15) is 0 Å². The van der Waals surface area contributed by atoms with Crippen LogP contribution in [0.1, 0.15) is 5.56 Å². The summed E-state index contributed by atoms with van der Waals surface area (Å²) in [4.78, 5) is 4.32. The highest BCUT2D eigenvalue weighted by Crippen LogP contribution is 2.25. The lowest BCUT2D eigenvalue weighted by molar-refractivity contribution is 0.618. The molecule has 0 spiro atoms. The zero-order chi connectivity index (χ0) is 11.2. The van der Waals surface area contributed by atoms with Crippen molar-refractivity contribution in [3.05, 3.63) is 60.2 Å². The summed E-state index contributed by atoms with van der Waals surface area (Å²) in [7, 11) is 5.15. The van der Waals surface area contributed by atoms with Gasteiger partial charge in [0.15, 0.2) is 0 Å². The molecule has 0 saturated heterocycles. The van der Waals surface area contributed by atoms with Gasteiger partial charge in [0.1, 0.15) is 11.4 Å². The molecule has 0 bridgehead atoms. The third-order valence-electron chi connectivity index (χ3n) is 2.14. The van der Waals surface area contributed by atoms with Crippen LogP contribution in [0.25, 0.3) is 0 Å². The molecular formula is C13H10BNO. The van der Waals surface area contributed by atoms with Gasteiger partial charge in [-0.1, -0.05) is 42.5 Å². The van der Waals surface area contributed by atoms with Gasteiger partial charge < -0.3 is 4.65 Å². The Balaban J connectivity index is 2.24. The second-order valence-electron chi connectivity index (χ2n) is 3.25. The molecule has 2 radical (unpaired) electrons. The SMILES string of the molecule is [B]Oc1ccccc1N=Cc1ccccc1. The molecule has 0 N–H and O–H groups in total. The van der Waals surface area contributed by atoms with E-state index in [0.29, 0.717) is 11.4 Å². The lowest BCUT2D eigenvalue weighted by Gasteiger charge is -2.03. The van der Waals surface area contributed by atoms with Crippen LogP contribution in [0, 0.1) is 0 Å². The van der Waals surface area contributed by atoms with Crippen LogP contribution in [0.4, 0.5) is 5.69 Å². The quantitative estimate of drug-likeness (QED) is 0.560. The van der Waals surface area contributed by atoms with E-state index < -0.39 is 0 Å². The van der Waals surface area contributed by atoms with Crippen molar-refractivity contribution >= 4 is 20.0 Å². The fourth-order valence-electron chi connectivity index (χ4n) is 1.35. The van der Waals surface area contributed by atoms with Gasteiger partial charge in [-0.3, -0.25) is 4.99 Å². The summed E-state index contributed by atoms with van der Waals surface area (Å²) < 4.78 is 4.72. The molecule has 0 saturated carbocycles. The smallest absolute Gasteiger partial charge is 0.374 e. The monoisotopic (exact) mass is 207 g/mol. The molecule has 0 fully saturated rings. The van der Waals surface area contributed by atoms with E-state index in [0.717, 1.165) is 5.56 Å². The number of benzene rings is 2. The number of nitrogens with zero attached hydrogens (tertiary/aromatic N) is 1. The van der Waals surface area contributed by atoms with E-state index >= 15 is 0 Å². The maximum Gasteiger partial charge on any atom is 0.374 e. The fourth-order valence-corrected chi connectivity index (χ4v) is 1.35. The van der Waals surface area contributed by atoms with Crippen LogP contribution in [0.5, 0.6) is 5.75 Å². The van der Waals surface area contributed by atoms with Crippen molar-refractivity contribution in [1.82, 2.24) is 0 Å². The van der Waals surface area contributed by atoms with Crippen molar-refractivity contribution in [2.45, 2.75) is 0 Å². The summed E-state index contributed by atoms with van der Waals surface area (Å²) in [5.74, 6) is 0.565. The van der Waals surface area contributed by atoms with Gasteiger partial charge in [0.05, 0.1) is 0 Å². The van der Waals surface area contributed by atoms with Crippen LogP contribution in [-0.4, -0.2) is 14.3 Å². The highest BCUT2D eigenvalue weighted by Gasteiger charge is 1.96.